The van der Waals surface area contributed by atoms with Gasteiger partial charge < -0.3 is 25.6 Å². The average molecular weight is 350 g/mol. The van der Waals surface area contributed by atoms with E-state index in [4.69, 9.17) is 4.74 Å². The highest BCUT2D eigenvalue weighted by Crippen LogP contribution is 2.28. The lowest BCUT2D eigenvalue weighted by atomic mass is 9.87. The maximum absolute atomic E-state index is 12.1. The summed E-state index contributed by atoms with van der Waals surface area (Å²) in [5, 5.41) is 24.5. The molecule has 2 amide bonds. The van der Waals surface area contributed by atoms with Crippen LogP contribution in [0.1, 0.15) is 31.2 Å². The van der Waals surface area contributed by atoms with Crippen LogP contribution >= 0.6 is 0 Å². The maximum Gasteiger partial charge on any atom is 0.314 e. The van der Waals surface area contributed by atoms with E-state index in [1.807, 2.05) is 30.3 Å². The molecule has 1 saturated heterocycles. The van der Waals surface area contributed by atoms with E-state index in [2.05, 4.69) is 10.6 Å². The number of carboxylic acid groups (broad SMARTS) is 1. The van der Waals surface area contributed by atoms with Crippen LogP contribution in [0.4, 0.5) is 4.79 Å². The highest BCUT2D eigenvalue weighted by atomic mass is 16.5. The molecule has 3 unspecified atom stereocenters. The third-order valence-electron chi connectivity index (χ3n) is 4.55. The van der Waals surface area contributed by atoms with Gasteiger partial charge in [-0.15, -0.1) is 0 Å². The summed E-state index contributed by atoms with van der Waals surface area (Å²) in [5.41, 5.74) is -0.00891. The number of rotatable bonds is 8. The van der Waals surface area contributed by atoms with Crippen LogP contribution in [0.25, 0.3) is 0 Å². The van der Waals surface area contributed by atoms with Crippen molar-refractivity contribution in [3.8, 4) is 0 Å². The third-order valence-corrected chi connectivity index (χ3v) is 4.55. The number of carbonyl (C=O) groups excluding carboxylic acids is 1. The van der Waals surface area contributed by atoms with Crippen LogP contribution < -0.4 is 10.6 Å². The van der Waals surface area contributed by atoms with Crippen LogP contribution in [0.5, 0.6) is 0 Å². The Labute approximate surface area is 147 Å². The molecular formula is C18H26N2O5. The Balaban J connectivity index is 1.87. The summed E-state index contributed by atoms with van der Waals surface area (Å²) in [6.07, 6.45) is 0.426. The Bertz CT molecular complexity index is 570. The fourth-order valence-electron chi connectivity index (χ4n) is 2.99. The second kappa shape index (κ2) is 8.82. The predicted octanol–water partition coefficient (Wildman–Crippen LogP) is 1.33. The maximum atomic E-state index is 12.1. The molecule has 25 heavy (non-hydrogen) atoms. The van der Waals surface area contributed by atoms with E-state index >= 15 is 0 Å². The number of carboxylic acids is 1. The van der Waals surface area contributed by atoms with Crippen molar-refractivity contribution in [3.05, 3.63) is 35.9 Å². The van der Waals surface area contributed by atoms with E-state index in [1.165, 1.54) is 0 Å². The summed E-state index contributed by atoms with van der Waals surface area (Å²) in [6.45, 7) is 2.60. The third kappa shape index (κ3) is 5.44. The van der Waals surface area contributed by atoms with Crippen LogP contribution in [0, 0.1) is 5.41 Å². The highest BCUT2D eigenvalue weighted by Gasteiger charge is 2.42. The number of hydrogen-bond donors (Lipinski definition) is 4. The first-order valence-corrected chi connectivity index (χ1v) is 8.49. The fourth-order valence-corrected chi connectivity index (χ4v) is 2.99. The van der Waals surface area contributed by atoms with E-state index < -0.39 is 23.5 Å². The van der Waals surface area contributed by atoms with E-state index in [9.17, 15) is 19.8 Å². The average Bonchev–Trinajstić information content (AvgIpc) is 3.07. The van der Waals surface area contributed by atoms with Gasteiger partial charge in [0.05, 0.1) is 12.7 Å². The standard InChI is InChI=1S/C18H26N2O5/c1-13(21)9-15(14-5-3-2-4-6-14)10-19-17(24)20-11-18(16(22)23)7-8-25-12-18/h2-6,13,15,21H,7-12H2,1H3,(H,22,23)(H2,19,20,24). The Morgan fingerprint density at radius 3 is 2.56 bits per heavy atom. The number of aliphatic hydroxyl groups is 1. The van der Waals surface area contributed by atoms with Gasteiger partial charge in [-0.05, 0) is 25.3 Å². The zero-order valence-electron chi connectivity index (χ0n) is 14.4. The van der Waals surface area contributed by atoms with Gasteiger partial charge in [0.1, 0.15) is 5.41 Å². The molecule has 138 valence electrons. The van der Waals surface area contributed by atoms with Gasteiger partial charge in [-0.2, -0.15) is 0 Å². The number of nitrogens with one attached hydrogen (secondary N) is 2. The molecule has 0 spiro atoms. The van der Waals surface area contributed by atoms with Crippen molar-refractivity contribution in [2.45, 2.75) is 31.8 Å². The summed E-state index contributed by atoms with van der Waals surface area (Å²) in [6, 6.07) is 9.25. The SMILES string of the molecule is CC(O)CC(CNC(=O)NCC1(C(=O)O)CCOC1)c1ccccc1. The van der Waals surface area contributed by atoms with Gasteiger partial charge >= 0.3 is 12.0 Å². The molecule has 1 aromatic rings. The Hall–Kier alpha value is -2.12. The molecule has 7 nitrogen and oxygen atoms in total. The van der Waals surface area contributed by atoms with Gasteiger partial charge in [0.15, 0.2) is 0 Å². The Morgan fingerprint density at radius 2 is 2.00 bits per heavy atom. The first-order chi connectivity index (χ1) is 11.9. The molecule has 3 atom stereocenters. The van der Waals surface area contributed by atoms with Crippen molar-refractivity contribution in [3.63, 3.8) is 0 Å². The summed E-state index contributed by atoms with van der Waals surface area (Å²) in [7, 11) is 0. The monoisotopic (exact) mass is 350 g/mol. The van der Waals surface area contributed by atoms with Crippen LogP contribution in [0.2, 0.25) is 0 Å². The number of ether oxygens (including phenoxy) is 1. The van der Waals surface area contributed by atoms with E-state index in [1.54, 1.807) is 6.92 Å². The molecule has 1 aromatic carbocycles. The van der Waals surface area contributed by atoms with Gasteiger partial charge in [-0.1, -0.05) is 30.3 Å². The number of carbonyl (C=O) groups is 2. The lowest BCUT2D eigenvalue weighted by Crippen LogP contribution is -2.47. The summed E-state index contributed by atoms with van der Waals surface area (Å²) in [4.78, 5) is 23.5. The van der Waals surface area contributed by atoms with E-state index in [0.29, 0.717) is 26.0 Å². The van der Waals surface area contributed by atoms with Crippen molar-refractivity contribution in [2.75, 3.05) is 26.3 Å². The largest absolute Gasteiger partial charge is 0.481 e. The zero-order valence-corrected chi connectivity index (χ0v) is 14.4. The molecule has 0 bridgehead atoms. The second-order valence-corrected chi connectivity index (χ2v) is 6.64. The molecule has 1 aliphatic rings. The minimum Gasteiger partial charge on any atom is -0.481 e. The Kier molecular flexibility index (Phi) is 6.78. The molecule has 1 aliphatic heterocycles. The van der Waals surface area contributed by atoms with Crippen molar-refractivity contribution in [2.24, 2.45) is 5.41 Å². The first kappa shape index (κ1) is 19.2. The minimum atomic E-state index is -1.05. The normalized spacial score (nSPS) is 22.2. The summed E-state index contributed by atoms with van der Waals surface area (Å²) < 4.78 is 5.17. The highest BCUT2D eigenvalue weighted by molar-refractivity contribution is 5.78. The number of aliphatic hydroxyl groups excluding tert-OH is 1. The van der Waals surface area contributed by atoms with Crippen molar-refractivity contribution in [1.29, 1.82) is 0 Å². The number of hydrogen-bond acceptors (Lipinski definition) is 4. The van der Waals surface area contributed by atoms with Crippen molar-refractivity contribution < 1.29 is 24.5 Å². The van der Waals surface area contributed by atoms with E-state index in [-0.39, 0.29) is 19.1 Å². The second-order valence-electron chi connectivity index (χ2n) is 6.64. The molecule has 0 radical (unpaired) electrons. The molecule has 1 heterocycles. The Morgan fingerprint density at radius 1 is 1.28 bits per heavy atom. The molecule has 0 aromatic heterocycles. The molecule has 0 saturated carbocycles. The molecular weight excluding hydrogens is 324 g/mol. The lowest BCUT2D eigenvalue weighted by Gasteiger charge is -2.23. The smallest absolute Gasteiger partial charge is 0.314 e. The molecule has 7 heteroatoms. The van der Waals surface area contributed by atoms with Crippen LogP contribution in [0.3, 0.4) is 0 Å². The number of benzene rings is 1. The van der Waals surface area contributed by atoms with Crippen molar-refractivity contribution >= 4 is 12.0 Å². The predicted molar refractivity (Wildman–Crippen MR) is 92.4 cm³/mol. The van der Waals surface area contributed by atoms with Gasteiger partial charge in [-0.3, -0.25) is 4.79 Å². The molecule has 1 fully saturated rings. The molecule has 0 aliphatic carbocycles. The van der Waals surface area contributed by atoms with Crippen LogP contribution in [-0.4, -0.2) is 54.6 Å². The number of urea groups is 1. The van der Waals surface area contributed by atoms with Gasteiger partial charge in [0.25, 0.3) is 0 Å². The number of amides is 2. The lowest BCUT2D eigenvalue weighted by molar-refractivity contribution is -0.148. The number of aliphatic carboxylic acids is 1. The molecule has 2 rings (SSSR count). The van der Waals surface area contributed by atoms with Crippen molar-refractivity contribution in [1.82, 2.24) is 10.6 Å². The zero-order chi connectivity index (χ0) is 18.3. The summed E-state index contributed by atoms with van der Waals surface area (Å²) in [5.74, 6) is -0.975. The fraction of sp³-hybridized carbons (Fsp3) is 0.556. The minimum absolute atomic E-state index is 0.0183. The topological polar surface area (TPSA) is 108 Å². The van der Waals surface area contributed by atoms with Crippen LogP contribution in [-0.2, 0) is 9.53 Å². The van der Waals surface area contributed by atoms with Gasteiger partial charge in [0, 0.05) is 25.6 Å². The quantitative estimate of drug-likeness (QED) is 0.566. The first-order valence-electron chi connectivity index (χ1n) is 8.49. The van der Waals surface area contributed by atoms with Gasteiger partial charge in [-0.25, -0.2) is 4.79 Å². The van der Waals surface area contributed by atoms with E-state index in [0.717, 1.165) is 5.56 Å². The van der Waals surface area contributed by atoms with Gasteiger partial charge in [0.2, 0.25) is 0 Å². The molecule has 4 N–H and O–H groups in total. The van der Waals surface area contributed by atoms with Crippen LogP contribution in [0.15, 0.2) is 30.3 Å². The summed E-state index contributed by atoms with van der Waals surface area (Å²) >= 11 is 0.